The molecule has 1 heterocycles. The summed E-state index contributed by atoms with van der Waals surface area (Å²) in [6, 6.07) is 4.19. The van der Waals surface area contributed by atoms with Crippen molar-refractivity contribution in [3.05, 3.63) is 45.4 Å². The van der Waals surface area contributed by atoms with Crippen LogP contribution in [0.15, 0.2) is 22.7 Å². The Morgan fingerprint density at radius 2 is 2.25 bits per heavy atom. The fourth-order valence-electron chi connectivity index (χ4n) is 1.77. The Kier molecular flexibility index (Phi) is 4.08. The van der Waals surface area contributed by atoms with Crippen LogP contribution in [0.1, 0.15) is 17.0 Å². The van der Waals surface area contributed by atoms with Crippen molar-refractivity contribution in [3.8, 4) is 5.75 Å². The van der Waals surface area contributed by atoms with E-state index in [0.29, 0.717) is 5.56 Å². The lowest BCUT2D eigenvalue weighted by Crippen LogP contribution is -2.11. The fraction of sp³-hybridized carbons (Fsp3) is 0.231. The summed E-state index contributed by atoms with van der Waals surface area (Å²) < 4.78 is 21.8. The minimum atomic E-state index is -0.548. The van der Waals surface area contributed by atoms with Gasteiger partial charge in [0.2, 0.25) is 0 Å². The molecule has 0 spiro atoms. The molecule has 0 aliphatic rings. The summed E-state index contributed by atoms with van der Waals surface area (Å²) in [5.74, 6) is -0.617. The summed E-state index contributed by atoms with van der Waals surface area (Å²) in [7, 11) is 1.80. The van der Waals surface area contributed by atoms with Crippen molar-refractivity contribution in [2.45, 2.75) is 13.5 Å². The summed E-state index contributed by atoms with van der Waals surface area (Å²) in [5.41, 5.74) is 7.29. The van der Waals surface area contributed by atoms with E-state index in [1.165, 1.54) is 12.1 Å². The van der Waals surface area contributed by atoms with Gasteiger partial charge in [-0.1, -0.05) is 0 Å². The Bertz CT molecular complexity index is 669. The number of halogens is 2. The van der Waals surface area contributed by atoms with E-state index in [2.05, 4.69) is 21.0 Å². The van der Waals surface area contributed by atoms with Crippen LogP contribution in [0, 0.1) is 18.2 Å². The third kappa shape index (κ3) is 2.82. The monoisotopic (exact) mass is 340 g/mol. The van der Waals surface area contributed by atoms with E-state index in [1.807, 2.05) is 6.92 Å². The Labute approximate surface area is 124 Å². The Morgan fingerprint density at radius 3 is 2.75 bits per heavy atom. The summed E-state index contributed by atoms with van der Waals surface area (Å²) in [5, 5.41) is 11.5. The highest BCUT2D eigenvalue weighted by molar-refractivity contribution is 9.10. The minimum Gasteiger partial charge on any atom is -0.484 e. The molecule has 5 nitrogen and oxygen atoms in total. The van der Waals surface area contributed by atoms with Crippen molar-refractivity contribution < 1.29 is 9.13 Å². The molecule has 7 heteroatoms. The maximum atomic E-state index is 13.8. The zero-order valence-corrected chi connectivity index (χ0v) is 12.7. The maximum Gasteiger partial charge on any atom is 0.165 e. The van der Waals surface area contributed by atoms with Gasteiger partial charge in [0.05, 0.1) is 15.9 Å². The van der Waals surface area contributed by atoms with Crippen LogP contribution in [0.2, 0.25) is 0 Å². The molecule has 1 aromatic heterocycles. The number of nitrogens with one attached hydrogen (secondary N) is 1. The number of rotatable bonds is 4. The van der Waals surface area contributed by atoms with Gasteiger partial charge in [-0.2, -0.15) is 5.10 Å². The number of ether oxygens (including phenoxy) is 1. The van der Waals surface area contributed by atoms with E-state index in [4.69, 9.17) is 15.9 Å². The lowest BCUT2D eigenvalue weighted by atomic mass is 10.2. The van der Waals surface area contributed by atoms with E-state index >= 15 is 0 Å². The molecule has 20 heavy (non-hydrogen) atoms. The molecular weight excluding hydrogens is 327 g/mol. The number of aromatic nitrogens is 2. The standard InChI is InChI=1S/C13H14BrFN4O/c1-7-12(14)10(19(2)18-7)6-20-11-4-3-8(13(16)17)5-9(11)15/h3-5H,6H2,1-2H3,(H3,16,17). The van der Waals surface area contributed by atoms with Gasteiger partial charge < -0.3 is 10.5 Å². The number of nitrogens with zero attached hydrogens (tertiary/aromatic N) is 2. The van der Waals surface area contributed by atoms with Crippen molar-refractivity contribution in [2.24, 2.45) is 12.8 Å². The van der Waals surface area contributed by atoms with Crippen LogP contribution in [-0.4, -0.2) is 15.6 Å². The van der Waals surface area contributed by atoms with Gasteiger partial charge in [0.15, 0.2) is 11.6 Å². The number of hydrogen-bond donors (Lipinski definition) is 2. The molecular formula is C13H14BrFN4O. The SMILES string of the molecule is Cc1nn(C)c(COc2ccc(C(=N)N)cc2F)c1Br. The molecule has 3 N–H and O–H groups in total. The van der Waals surface area contributed by atoms with Crippen molar-refractivity contribution >= 4 is 21.8 Å². The summed E-state index contributed by atoms with van der Waals surface area (Å²) in [6.45, 7) is 2.06. The first kappa shape index (κ1) is 14.5. The number of benzene rings is 1. The number of amidine groups is 1. The van der Waals surface area contributed by atoms with Gasteiger partial charge in [-0.15, -0.1) is 0 Å². The Hall–Kier alpha value is -1.89. The lowest BCUT2D eigenvalue weighted by Gasteiger charge is -2.09. The molecule has 0 aliphatic carbocycles. The van der Waals surface area contributed by atoms with E-state index < -0.39 is 5.82 Å². The van der Waals surface area contributed by atoms with Gasteiger partial charge in [-0.3, -0.25) is 10.1 Å². The van der Waals surface area contributed by atoms with Crippen molar-refractivity contribution in [1.29, 1.82) is 5.41 Å². The van der Waals surface area contributed by atoms with E-state index in [1.54, 1.807) is 17.8 Å². The number of hydrogen-bond acceptors (Lipinski definition) is 3. The van der Waals surface area contributed by atoms with Gasteiger partial charge in [-0.25, -0.2) is 4.39 Å². The molecule has 106 valence electrons. The molecule has 0 unspecified atom stereocenters. The zero-order valence-electron chi connectivity index (χ0n) is 11.1. The molecule has 2 rings (SSSR count). The van der Waals surface area contributed by atoms with Gasteiger partial charge in [-0.05, 0) is 41.1 Å². The largest absolute Gasteiger partial charge is 0.484 e. The van der Waals surface area contributed by atoms with E-state index in [9.17, 15) is 4.39 Å². The first-order valence-electron chi connectivity index (χ1n) is 5.85. The molecule has 2 aromatic rings. The molecule has 0 atom stereocenters. The average Bonchev–Trinajstić information content (AvgIpc) is 2.62. The topological polar surface area (TPSA) is 76.9 Å². The van der Waals surface area contributed by atoms with Crippen LogP contribution in [0.25, 0.3) is 0 Å². The van der Waals surface area contributed by atoms with Gasteiger partial charge >= 0.3 is 0 Å². The first-order chi connectivity index (χ1) is 9.40. The quantitative estimate of drug-likeness (QED) is 0.663. The van der Waals surface area contributed by atoms with Crippen LogP contribution in [-0.2, 0) is 13.7 Å². The van der Waals surface area contributed by atoms with Crippen molar-refractivity contribution in [1.82, 2.24) is 9.78 Å². The van der Waals surface area contributed by atoms with Crippen LogP contribution >= 0.6 is 15.9 Å². The summed E-state index contributed by atoms with van der Waals surface area (Å²) >= 11 is 3.42. The average molecular weight is 341 g/mol. The van der Waals surface area contributed by atoms with Crippen LogP contribution in [0.5, 0.6) is 5.75 Å². The highest BCUT2D eigenvalue weighted by atomic mass is 79.9. The Balaban J connectivity index is 2.17. The number of nitrogens with two attached hydrogens (primary N) is 1. The number of aryl methyl sites for hydroxylation is 2. The van der Waals surface area contributed by atoms with Gasteiger partial charge in [0.1, 0.15) is 12.4 Å². The third-order valence-electron chi connectivity index (χ3n) is 2.87. The van der Waals surface area contributed by atoms with Gasteiger partial charge in [0.25, 0.3) is 0 Å². The molecule has 0 bridgehead atoms. The summed E-state index contributed by atoms with van der Waals surface area (Å²) in [4.78, 5) is 0. The smallest absolute Gasteiger partial charge is 0.165 e. The molecule has 0 radical (unpaired) electrons. The fourth-order valence-corrected chi connectivity index (χ4v) is 2.22. The second-order valence-corrected chi connectivity index (χ2v) is 5.11. The van der Waals surface area contributed by atoms with E-state index in [0.717, 1.165) is 15.9 Å². The molecule has 0 aliphatic heterocycles. The highest BCUT2D eigenvalue weighted by Crippen LogP contribution is 2.24. The van der Waals surface area contributed by atoms with Crippen LogP contribution in [0.4, 0.5) is 4.39 Å². The van der Waals surface area contributed by atoms with E-state index in [-0.39, 0.29) is 18.2 Å². The minimum absolute atomic E-state index is 0.112. The zero-order chi connectivity index (χ0) is 14.9. The predicted octanol–water partition coefficient (Wildman–Crippen LogP) is 2.49. The van der Waals surface area contributed by atoms with Crippen molar-refractivity contribution in [3.63, 3.8) is 0 Å². The normalized spacial score (nSPS) is 10.6. The third-order valence-corrected chi connectivity index (χ3v) is 3.90. The molecule has 0 saturated carbocycles. The molecule has 0 saturated heterocycles. The maximum absolute atomic E-state index is 13.8. The van der Waals surface area contributed by atoms with Gasteiger partial charge in [0, 0.05) is 12.6 Å². The molecule has 0 fully saturated rings. The molecule has 1 aromatic carbocycles. The summed E-state index contributed by atoms with van der Waals surface area (Å²) in [6.07, 6.45) is 0. The predicted molar refractivity (Wildman–Crippen MR) is 77.4 cm³/mol. The van der Waals surface area contributed by atoms with Crippen LogP contribution in [0.3, 0.4) is 0 Å². The molecule has 0 amide bonds. The second kappa shape index (κ2) is 5.62. The van der Waals surface area contributed by atoms with Crippen LogP contribution < -0.4 is 10.5 Å². The first-order valence-corrected chi connectivity index (χ1v) is 6.64. The second-order valence-electron chi connectivity index (χ2n) is 4.32. The van der Waals surface area contributed by atoms with Crippen molar-refractivity contribution in [2.75, 3.05) is 0 Å². The number of nitrogen functional groups attached to an aromatic ring is 1. The highest BCUT2D eigenvalue weighted by Gasteiger charge is 2.13. The lowest BCUT2D eigenvalue weighted by molar-refractivity contribution is 0.279. The Morgan fingerprint density at radius 1 is 1.55 bits per heavy atom.